The molecule has 7 nitrogen and oxygen atoms in total. The van der Waals surface area contributed by atoms with Gasteiger partial charge in [0, 0.05) is 30.5 Å². The van der Waals surface area contributed by atoms with E-state index in [4.69, 9.17) is 11.6 Å². The molecule has 0 unspecified atom stereocenters. The van der Waals surface area contributed by atoms with Crippen molar-refractivity contribution in [2.75, 3.05) is 18.1 Å². The monoisotopic (exact) mass is 453 g/mol. The average molecular weight is 454 g/mol. The average Bonchev–Trinajstić information content (AvgIpc) is 3.18. The molecule has 0 saturated carbocycles. The summed E-state index contributed by atoms with van der Waals surface area (Å²) in [6, 6.07) is 15.5. The quantitative estimate of drug-likeness (QED) is 0.479. The maximum absolute atomic E-state index is 11.9. The molecule has 0 atom stereocenters. The van der Waals surface area contributed by atoms with Crippen LogP contribution in [0.1, 0.15) is 11.1 Å². The Morgan fingerprint density at radius 3 is 2.81 bits per heavy atom. The van der Waals surface area contributed by atoms with Gasteiger partial charge in [-0.25, -0.2) is 18.4 Å². The minimum Gasteiger partial charge on any atom is -0.340 e. The van der Waals surface area contributed by atoms with Gasteiger partial charge in [-0.15, -0.1) is 0 Å². The molecule has 2 aromatic heterocycles. The number of aromatic nitrogens is 3. The fourth-order valence-corrected chi connectivity index (χ4v) is 4.88. The van der Waals surface area contributed by atoms with Crippen LogP contribution in [0.15, 0.2) is 54.7 Å². The number of sulfonamides is 1. The summed E-state index contributed by atoms with van der Waals surface area (Å²) in [5.41, 5.74) is 5.57. The zero-order valence-electron chi connectivity index (χ0n) is 16.8. The number of nitrogens with one attached hydrogen (secondary N) is 2. The molecule has 31 heavy (non-hydrogen) atoms. The van der Waals surface area contributed by atoms with Crippen LogP contribution in [0, 0.1) is 0 Å². The first-order chi connectivity index (χ1) is 14.9. The molecule has 0 radical (unpaired) electrons. The Balaban J connectivity index is 1.47. The van der Waals surface area contributed by atoms with E-state index in [2.05, 4.69) is 20.3 Å². The third-order valence-electron chi connectivity index (χ3n) is 5.46. The van der Waals surface area contributed by atoms with Crippen LogP contribution in [0.5, 0.6) is 0 Å². The Kier molecular flexibility index (Phi) is 4.92. The predicted molar refractivity (Wildman–Crippen MR) is 123 cm³/mol. The van der Waals surface area contributed by atoms with E-state index in [0.717, 1.165) is 33.4 Å². The van der Waals surface area contributed by atoms with Crippen molar-refractivity contribution in [3.05, 3.63) is 70.9 Å². The lowest BCUT2D eigenvalue weighted by Crippen LogP contribution is -2.35. The van der Waals surface area contributed by atoms with Crippen molar-refractivity contribution >= 4 is 44.2 Å². The molecule has 0 amide bonds. The Morgan fingerprint density at radius 1 is 1.16 bits per heavy atom. The van der Waals surface area contributed by atoms with Gasteiger partial charge in [-0.2, -0.15) is 4.31 Å². The first kappa shape index (κ1) is 20.0. The van der Waals surface area contributed by atoms with E-state index in [1.165, 1.54) is 10.6 Å². The molecule has 0 aliphatic carbocycles. The highest BCUT2D eigenvalue weighted by Gasteiger charge is 2.24. The number of hydrogen-bond donors (Lipinski definition) is 2. The zero-order chi connectivity index (χ0) is 21.6. The molecule has 0 fully saturated rings. The number of H-pyrrole nitrogens is 1. The lowest BCUT2D eigenvalue weighted by atomic mass is 9.99. The van der Waals surface area contributed by atoms with Crippen molar-refractivity contribution in [2.24, 2.45) is 0 Å². The number of nitrogens with zero attached hydrogens (tertiary/aromatic N) is 3. The summed E-state index contributed by atoms with van der Waals surface area (Å²) in [6.07, 6.45) is 3.49. The summed E-state index contributed by atoms with van der Waals surface area (Å²) < 4.78 is 25.3. The fraction of sp³-hybridized carbons (Fsp3) is 0.182. The molecule has 4 aromatic rings. The number of hydrogen-bond acceptors (Lipinski definition) is 5. The summed E-state index contributed by atoms with van der Waals surface area (Å²) >= 11 is 6.42. The Morgan fingerprint density at radius 2 is 2.00 bits per heavy atom. The van der Waals surface area contributed by atoms with Crippen LogP contribution in [-0.2, 0) is 23.0 Å². The van der Waals surface area contributed by atoms with Crippen molar-refractivity contribution in [3.63, 3.8) is 0 Å². The van der Waals surface area contributed by atoms with Crippen LogP contribution in [0.4, 0.5) is 11.5 Å². The fourth-order valence-electron chi connectivity index (χ4n) is 3.89. The molecule has 2 aromatic carbocycles. The largest absolute Gasteiger partial charge is 0.340 e. The molecule has 5 rings (SSSR count). The van der Waals surface area contributed by atoms with E-state index >= 15 is 0 Å². The highest BCUT2D eigenvalue weighted by Crippen LogP contribution is 2.32. The van der Waals surface area contributed by atoms with Crippen molar-refractivity contribution in [2.45, 2.75) is 13.0 Å². The number of aromatic amines is 1. The topological polar surface area (TPSA) is 91.0 Å². The standard InChI is InChI=1S/C22H20ClN5O2S/c1-31(29,30)28-10-9-15-14(13-28)5-4-8-18(15)25-21-11-16(17(23)12-24-21)22-26-19-6-2-3-7-20(19)27-22/h2-8,11-12H,9-10,13H2,1H3,(H,24,25)(H,26,27). The van der Waals surface area contributed by atoms with Gasteiger partial charge in [0.05, 0.1) is 22.3 Å². The van der Waals surface area contributed by atoms with Crippen LogP contribution in [0.3, 0.4) is 0 Å². The molecule has 2 N–H and O–H groups in total. The van der Waals surface area contributed by atoms with Gasteiger partial charge in [0.25, 0.3) is 0 Å². The molecular formula is C22H20ClN5O2S. The third-order valence-corrected chi connectivity index (χ3v) is 7.01. The predicted octanol–water partition coefficient (Wildman–Crippen LogP) is 4.34. The molecule has 3 heterocycles. The lowest BCUT2D eigenvalue weighted by molar-refractivity contribution is 0.395. The highest BCUT2D eigenvalue weighted by atomic mass is 35.5. The first-order valence-corrected chi connectivity index (χ1v) is 12.0. The summed E-state index contributed by atoms with van der Waals surface area (Å²) in [6.45, 7) is 0.838. The maximum Gasteiger partial charge on any atom is 0.211 e. The number of para-hydroxylation sites is 2. The van der Waals surface area contributed by atoms with Crippen LogP contribution >= 0.6 is 11.6 Å². The molecule has 0 bridgehead atoms. The van der Waals surface area contributed by atoms with Crippen LogP contribution in [0.2, 0.25) is 5.02 Å². The first-order valence-electron chi connectivity index (χ1n) is 9.82. The minimum absolute atomic E-state index is 0.377. The Labute approximate surface area is 185 Å². The van der Waals surface area contributed by atoms with Gasteiger partial charge < -0.3 is 10.3 Å². The number of rotatable bonds is 4. The number of fused-ring (bicyclic) bond motifs is 2. The van der Waals surface area contributed by atoms with Gasteiger partial charge in [-0.1, -0.05) is 35.9 Å². The summed E-state index contributed by atoms with van der Waals surface area (Å²) in [4.78, 5) is 12.4. The number of imidazole rings is 1. The second-order valence-corrected chi connectivity index (χ2v) is 9.96. The van der Waals surface area contributed by atoms with Gasteiger partial charge in [0.15, 0.2) is 0 Å². The zero-order valence-corrected chi connectivity index (χ0v) is 18.3. The summed E-state index contributed by atoms with van der Waals surface area (Å²) in [7, 11) is -3.22. The molecule has 158 valence electrons. The van der Waals surface area contributed by atoms with Gasteiger partial charge in [0.1, 0.15) is 11.6 Å². The van der Waals surface area contributed by atoms with Crippen molar-refractivity contribution in [3.8, 4) is 11.4 Å². The second-order valence-electron chi connectivity index (χ2n) is 7.57. The van der Waals surface area contributed by atoms with E-state index in [0.29, 0.717) is 36.2 Å². The van der Waals surface area contributed by atoms with Crippen LogP contribution < -0.4 is 5.32 Å². The molecule has 1 aliphatic heterocycles. The van der Waals surface area contributed by atoms with Crippen molar-refractivity contribution in [1.29, 1.82) is 0 Å². The number of anilines is 2. The summed E-state index contributed by atoms with van der Waals surface area (Å²) in [5, 5.41) is 3.88. The third kappa shape index (κ3) is 3.89. The lowest BCUT2D eigenvalue weighted by Gasteiger charge is -2.28. The van der Waals surface area contributed by atoms with Gasteiger partial charge in [-0.3, -0.25) is 0 Å². The minimum atomic E-state index is -3.22. The van der Waals surface area contributed by atoms with Crippen molar-refractivity contribution in [1.82, 2.24) is 19.3 Å². The Bertz CT molecular complexity index is 1370. The highest BCUT2D eigenvalue weighted by molar-refractivity contribution is 7.88. The second kappa shape index (κ2) is 7.64. The maximum atomic E-state index is 11.9. The Hall–Kier alpha value is -2.94. The van der Waals surface area contributed by atoms with E-state index in [9.17, 15) is 8.42 Å². The van der Waals surface area contributed by atoms with E-state index < -0.39 is 10.0 Å². The molecule has 9 heteroatoms. The number of benzene rings is 2. The molecule has 1 aliphatic rings. The van der Waals surface area contributed by atoms with Gasteiger partial charge >= 0.3 is 0 Å². The SMILES string of the molecule is CS(=O)(=O)N1CCc2c(cccc2Nc2cc(-c3nc4ccccc4[nH]3)c(Cl)cn2)C1. The number of halogens is 1. The van der Waals surface area contributed by atoms with Crippen molar-refractivity contribution < 1.29 is 8.42 Å². The molecular weight excluding hydrogens is 434 g/mol. The van der Waals surface area contributed by atoms with E-state index in [-0.39, 0.29) is 0 Å². The molecule has 0 saturated heterocycles. The van der Waals surface area contributed by atoms with Crippen LogP contribution in [-0.4, -0.2) is 40.5 Å². The van der Waals surface area contributed by atoms with Gasteiger partial charge in [0.2, 0.25) is 10.0 Å². The smallest absolute Gasteiger partial charge is 0.211 e. The van der Waals surface area contributed by atoms with E-state index in [1.54, 1.807) is 6.20 Å². The number of pyridine rings is 1. The van der Waals surface area contributed by atoms with Gasteiger partial charge in [-0.05, 0) is 41.8 Å². The normalized spacial score (nSPS) is 14.5. The van der Waals surface area contributed by atoms with E-state index in [1.807, 2.05) is 48.5 Å². The summed E-state index contributed by atoms with van der Waals surface area (Å²) in [5.74, 6) is 1.31. The molecule has 0 spiro atoms. The van der Waals surface area contributed by atoms with Crippen LogP contribution in [0.25, 0.3) is 22.4 Å².